The Kier molecular flexibility index (Phi) is 14.4. The number of aryl methyl sites for hydroxylation is 4. The molecule has 0 radical (unpaired) electrons. The molecule has 0 amide bonds. The van der Waals surface area contributed by atoms with Crippen LogP contribution in [-0.2, 0) is 4.74 Å². The van der Waals surface area contributed by atoms with Gasteiger partial charge in [0.15, 0.2) is 6.29 Å². The molecule has 7 rings (SSSR count). The number of phenolic OH excluding ortho intramolecular Hbond substituents is 3. The van der Waals surface area contributed by atoms with Crippen molar-refractivity contribution in [3.8, 4) is 23.0 Å². The van der Waals surface area contributed by atoms with E-state index in [0.29, 0.717) is 17.2 Å². The van der Waals surface area contributed by atoms with Gasteiger partial charge in [0.1, 0.15) is 23.0 Å². The highest BCUT2D eigenvalue weighted by molar-refractivity contribution is 5.85. The SMILES string of the molecule is Cc1cc(O)c(C(C)C)cc1C(c1ccc2cc(C(c3cc(C(C)C)c(O)cc3C)c3cc(C(C)C)c(OC(C)OC4CCCCC4)cc3C)ccc2c1)c1cc(C(C)C)c(O)cc1C. The van der Waals surface area contributed by atoms with Crippen LogP contribution in [0.4, 0.5) is 0 Å². The van der Waals surface area contributed by atoms with Crippen LogP contribution < -0.4 is 4.74 Å². The second kappa shape index (κ2) is 19.7. The molecule has 0 spiro atoms. The molecule has 344 valence electrons. The summed E-state index contributed by atoms with van der Waals surface area (Å²) in [4.78, 5) is 0. The van der Waals surface area contributed by atoms with Gasteiger partial charge in [0, 0.05) is 11.8 Å². The molecule has 0 saturated heterocycles. The van der Waals surface area contributed by atoms with Crippen LogP contribution >= 0.6 is 0 Å². The van der Waals surface area contributed by atoms with Crippen LogP contribution in [0.15, 0.2) is 84.9 Å². The normalized spacial score (nSPS) is 14.7. The summed E-state index contributed by atoms with van der Waals surface area (Å²) in [6.07, 6.45) is 5.80. The van der Waals surface area contributed by atoms with Crippen molar-refractivity contribution in [3.05, 3.63) is 163 Å². The topological polar surface area (TPSA) is 79.2 Å². The van der Waals surface area contributed by atoms with Crippen molar-refractivity contribution in [1.29, 1.82) is 0 Å². The van der Waals surface area contributed by atoms with Gasteiger partial charge in [0.05, 0.1) is 6.10 Å². The van der Waals surface area contributed by atoms with Gasteiger partial charge in [-0.15, -0.1) is 0 Å². The minimum Gasteiger partial charge on any atom is -0.508 e. The molecule has 6 aromatic carbocycles. The minimum absolute atomic E-state index is 0.115. The average Bonchev–Trinajstić information content (AvgIpc) is 3.23. The zero-order chi connectivity index (χ0) is 47.0. The maximum atomic E-state index is 11.2. The third-order valence-electron chi connectivity index (χ3n) is 14.2. The molecular weight excluding hydrogens is 801 g/mol. The maximum absolute atomic E-state index is 11.2. The molecule has 0 bridgehead atoms. The van der Waals surface area contributed by atoms with Crippen LogP contribution in [-0.4, -0.2) is 27.7 Å². The Balaban J connectivity index is 1.38. The van der Waals surface area contributed by atoms with Crippen LogP contribution in [0.1, 0.15) is 208 Å². The van der Waals surface area contributed by atoms with Crippen molar-refractivity contribution in [2.75, 3.05) is 0 Å². The van der Waals surface area contributed by atoms with Gasteiger partial charge in [-0.1, -0.05) is 135 Å². The fourth-order valence-corrected chi connectivity index (χ4v) is 10.5. The maximum Gasteiger partial charge on any atom is 0.197 e. The highest BCUT2D eigenvalue weighted by atomic mass is 16.7. The summed E-state index contributed by atoms with van der Waals surface area (Å²) in [7, 11) is 0. The molecule has 5 nitrogen and oxygen atoms in total. The van der Waals surface area contributed by atoms with Crippen LogP contribution in [0.2, 0.25) is 0 Å². The first-order valence-electron chi connectivity index (χ1n) is 24.3. The number of aromatic hydroxyl groups is 3. The summed E-state index contributed by atoms with van der Waals surface area (Å²) in [6.45, 7) is 27.8. The van der Waals surface area contributed by atoms with Gasteiger partial charge < -0.3 is 24.8 Å². The Morgan fingerprint density at radius 2 is 0.769 bits per heavy atom. The number of fused-ring (bicyclic) bond motifs is 1. The van der Waals surface area contributed by atoms with Crippen LogP contribution in [0.25, 0.3) is 10.8 Å². The number of hydrogen-bond donors (Lipinski definition) is 3. The smallest absolute Gasteiger partial charge is 0.197 e. The second-order valence-electron chi connectivity index (χ2n) is 20.5. The Labute approximate surface area is 389 Å². The van der Waals surface area contributed by atoms with Gasteiger partial charge in [0.25, 0.3) is 0 Å². The zero-order valence-corrected chi connectivity index (χ0v) is 41.4. The first-order chi connectivity index (χ1) is 30.8. The number of rotatable bonds is 14. The highest BCUT2D eigenvalue weighted by Gasteiger charge is 2.28. The van der Waals surface area contributed by atoms with Gasteiger partial charge in [-0.2, -0.15) is 0 Å². The summed E-state index contributed by atoms with van der Waals surface area (Å²) in [5, 5.41) is 35.6. The van der Waals surface area contributed by atoms with Gasteiger partial charge >= 0.3 is 0 Å². The molecule has 1 aliphatic rings. The predicted octanol–water partition coefficient (Wildman–Crippen LogP) is 16.1. The van der Waals surface area contributed by atoms with Crippen LogP contribution in [0, 0.1) is 27.7 Å². The van der Waals surface area contributed by atoms with Crippen LogP contribution in [0.3, 0.4) is 0 Å². The number of benzene rings is 6. The molecule has 1 aliphatic carbocycles. The van der Waals surface area contributed by atoms with E-state index in [4.69, 9.17) is 9.47 Å². The monoisotopic (exact) mass is 875 g/mol. The van der Waals surface area contributed by atoms with Crippen molar-refractivity contribution in [2.24, 2.45) is 0 Å². The number of ether oxygens (including phenoxy) is 2. The highest BCUT2D eigenvalue weighted by Crippen LogP contribution is 2.46. The summed E-state index contributed by atoms with van der Waals surface area (Å²) < 4.78 is 13.1. The molecular formula is C60H74O5. The molecule has 6 aromatic rings. The first-order valence-corrected chi connectivity index (χ1v) is 24.3. The van der Waals surface area contributed by atoms with E-state index < -0.39 is 0 Å². The van der Waals surface area contributed by atoms with Gasteiger partial charge in [-0.25, -0.2) is 0 Å². The molecule has 2 atom stereocenters. The van der Waals surface area contributed by atoms with Crippen molar-refractivity contribution in [1.82, 2.24) is 0 Å². The van der Waals surface area contributed by atoms with E-state index in [9.17, 15) is 15.3 Å². The molecule has 0 aromatic heterocycles. The molecule has 5 heteroatoms. The summed E-state index contributed by atoms with van der Waals surface area (Å²) in [6, 6.07) is 30.7. The first kappa shape index (κ1) is 47.7. The van der Waals surface area contributed by atoms with E-state index in [1.807, 2.05) is 25.1 Å². The number of hydrogen-bond acceptors (Lipinski definition) is 5. The van der Waals surface area contributed by atoms with E-state index in [-0.39, 0.29) is 47.9 Å². The molecule has 3 N–H and O–H groups in total. The molecule has 2 unspecified atom stereocenters. The Morgan fingerprint density at radius 3 is 1.14 bits per heavy atom. The molecule has 0 aliphatic heterocycles. The fourth-order valence-electron chi connectivity index (χ4n) is 10.5. The zero-order valence-electron chi connectivity index (χ0n) is 41.4. The lowest BCUT2D eigenvalue weighted by Gasteiger charge is -2.29. The van der Waals surface area contributed by atoms with Crippen molar-refractivity contribution >= 4 is 10.8 Å². The summed E-state index contributed by atoms with van der Waals surface area (Å²) in [5.41, 5.74) is 15.2. The molecule has 1 fully saturated rings. The van der Waals surface area contributed by atoms with Crippen molar-refractivity contribution in [3.63, 3.8) is 0 Å². The predicted molar refractivity (Wildman–Crippen MR) is 270 cm³/mol. The standard InChI is InChI=1S/C60H74O5/c1-33(2)47-29-51(37(9)23-55(47)61)59(52-30-48(34(3)4)56(62)24-38(52)10)44-21-19-43-28-45(22-20-42(43)27-44)60(53-31-49(35(5)6)57(63)25-39(53)11)54-32-50(36(7)8)58(26-40(54)12)65-41(13)64-46-17-15-14-16-18-46/h19-36,41,46,59-63H,14-18H2,1-13H3. The van der Waals surface area contributed by atoms with Crippen LogP contribution in [0.5, 0.6) is 23.0 Å². The quantitative estimate of drug-likeness (QED) is 0.0750. The molecule has 65 heavy (non-hydrogen) atoms. The lowest BCUT2D eigenvalue weighted by Crippen LogP contribution is -2.26. The molecule has 1 saturated carbocycles. The Hall–Kier alpha value is -5.26. The fraction of sp³-hybridized carbons (Fsp3) is 0.433. The molecule has 0 heterocycles. The van der Waals surface area contributed by atoms with Crippen molar-refractivity contribution < 1.29 is 24.8 Å². The van der Waals surface area contributed by atoms with E-state index in [1.165, 1.54) is 36.0 Å². The second-order valence-corrected chi connectivity index (χ2v) is 20.5. The van der Waals surface area contributed by atoms with E-state index in [0.717, 1.165) is 90.6 Å². The summed E-state index contributed by atoms with van der Waals surface area (Å²) in [5.74, 6) is 2.27. The lowest BCUT2D eigenvalue weighted by atomic mass is 9.77. The third kappa shape index (κ3) is 10.1. The van der Waals surface area contributed by atoms with E-state index >= 15 is 0 Å². The Morgan fingerprint density at radius 1 is 0.415 bits per heavy atom. The largest absolute Gasteiger partial charge is 0.508 e. The summed E-state index contributed by atoms with van der Waals surface area (Å²) >= 11 is 0. The van der Waals surface area contributed by atoms with E-state index in [1.54, 1.807) is 0 Å². The minimum atomic E-state index is -0.347. The Bertz CT molecular complexity index is 2600. The van der Waals surface area contributed by atoms with Gasteiger partial charge in [-0.05, 0) is 184 Å². The third-order valence-corrected chi connectivity index (χ3v) is 14.2. The van der Waals surface area contributed by atoms with Gasteiger partial charge in [-0.3, -0.25) is 0 Å². The lowest BCUT2D eigenvalue weighted by molar-refractivity contribution is -0.117. The van der Waals surface area contributed by atoms with Gasteiger partial charge in [0.2, 0.25) is 0 Å². The average molecular weight is 875 g/mol. The number of phenols is 3. The van der Waals surface area contributed by atoms with E-state index in [2.05, 4.69) is 150 Å². The van der Waals surface area contributed by atoms with Crippen molar-refractivity contribution in [2.45, 2.75) is 170 Å².